The Morgan fingerprint density at radius 1 is 1.38 bits per heavy atom. The van der Waals surface area contributed by atoms with E-state index >= 15 is 0 Å². The molecule has 0 bridgehead atoms. The summed E-state index contributed by atoms with van der Waals surface area (Å²) in [5, 5.41) is 2.92. The molecule has 0 saturated carbocycles. The molecule has 0 unspecified atom stereocenters. The molecule has 1 aliphatic heterocycles. The highest BCUT2D eigenvalue weighted by atomic mass is 16.6. The monoisotopic (exact) mass is 294 g/mol. The third-order valence-electron chi connectivity index (χ3n) is 3.07. The van der Waals surface area contributed by atoms with Crippen molar-refractivity contribution >= 4 is 19.1 Å². The lowest BCUT2D eigenvalue weighted by molar-refractivity contribution is 0.0484. The van der Waals surface area contributed by atoms with Crippen molar-refractivity contribution in [3.63, 3.8) is 0 Å². The van der Waals surface area contributed by atoms with Crippen molar-refractivity contribution < 1.29 is 9.53 Å². The fourth-order valence-electron chi connectivity index (χ4n) is 2.17. The Kier molecular flexibility index (Phi) is 6.39. The summed E-state index contributed by atoms with van der Waals surface area (Å²) in [4.78, 5) is 21.8. The van der Waals surface area contributed by atoms with Crippen molar-refractivity contribution in [2.75, 3.05) is 13.1 Å². The van der Waals surface area contributed by atoms with Gasteiger partial charge in [0, 0.05) is 19.1 Å². The van der Waals surface area contributed by atoms with Gasteiger partial charge in [-0.05, 0) is 53.3 Å². The Morgan fingerprint density at radius 2 is 2.00 bits per heavy atom. The average Bonchev–Trinajstić information content (AvgIpc) is 2.39. The molecule has 118 valence electrons. The number of piperidine rings is 1. The van der Waals surface area contributed by atoms with Crippen LogP contribution in [0.1, 0.15) is 40.5 Å². The van der Waals surface area contributed by atoms with Gasteiger partial charge in [-0.1, -0.05) is 0 Å². The summed E-state index contributed by atoms with van der Waals surface area (Å²) in [6.45, 7) is 12.6. The molecule has 1 saturated heterocycles. The summed E-state index contributed by atoms with van der Waals surface area (Å²) in [5.41, 5.74) is -0.463. The standard InChI is InChI=1S/C15H26N4O2/c1-6-13(17-11-16-5)19-9-7-12(8-10-19)18-14(20)21-15(2,3)4/h6,11-12H,5,7-10H2,1-4H3,(H,18,20)/b13-6+,17-11-. The molecule has 0 spiro atoms. The van der Waals surface area contributed by atoms with Gasteiger partial charge in [0.2, 0.25) is 0 Å². The SMILES string of the molecule is C=N/C=N\C(=C/C)N1CCC(NC(=O)OC(C)(C)C)CC1. The number of alkyl carbamates (subject to hydrolysis) is 1. The number of hydrogen-bond acceptors (Lipinski definition) is 4. The van der Waals surface area contributed by atoms with Crippen LogP contribution in [0.3, 0.4) is 0 Å². The van der Waals surface area contributed by atoms with Crippen LogP contribution >= 0.6 is 0 Å². The maximum atomic E-state index is 11.7. The second-order valence-electron chi connectivity index (χ2n) is 5.98. The van der Waals surface area contributed by atoms with Crippen LogP contribution in [0.4, 0.5) is 4.79 Å². The van der Waals surface area contributed by atoms with E-state index < -0.39 is 5.60 Å². The quantitative estimate of drug-likeness (QED) is 0.640. The Labute approximate surface area is 127 Å². The van der Waals surface area contributed by atoms with E-state index in [1.807, 2.05) is 33.8 Å². The summed E-state index contributed by atoms with van der Waals surface area (Å²) in [5.74, 6) is 0.887. The number of nitrogens with one attached hydrogen (secondary N) is 1. The van der Waals surface area contributed by atoms with Crippen LogP contribution in [-0.4, -0.2) is 48.8 Å². The number of nitrogens with zero attached hydrogens (tertiary/aromatic N) is 3. The van der Waals surface area contributed by atoms with Gasteiger partial charge >= 0.3 is 6.09 Å². The van der Waals surface area contributed by atoms with E-state index in [0.717, 1.165) is 31.8 Å². The van der Waals surface area contributed by atoms with Gasteiger partial charge in [0.15, 0.2) is 0 Å². The number of carbonyl (C=O) groups excluding carboxylic acids is 1. The van der Waals surface area contributed by atoms with Gasteiger partial charge in [-0.2, -0.15) is 0 Å². The smallest absolute Gasteiger partial charge is 0.407 e. The summed E-state index contributed by atoms with van der Waals surface area (Å²) in [6, 6.07) is 0.149. The predicted octanol–water partition coefficient (Wildman–Crippen LogP) is 2.57. The minimum Gasteiger partial charge on any atom is -0.444 e. The number of hydrogen-bond donors (Lipinski definition) is 1. The summed E-state index contributed by atoms with van der Waals surface area (Å²) < 4.78 is 5.27. The first-order chi connectivity index (χ1) is 9.85. The molecule has 0 atom stereocenters. The number of carbonyl (C=O) groups is 1. The highest BCUT2D eigenvalue weighted by Gasteiger charge is 2.24. The van der Waals surface area contributed by atoms with Gasteiger partial charge in [0.05, 0.1) is 0 Å². The van der Waals surface area contributed by atoms with E-state index in [4.69, 9.17) is 4.74 Å². The topological polar surface area (TPSA) is 66.3 Å². The molecule has 0 aromatic carbocycles. The molecular formula is C15H26N4O2. The van der Waals surface area contributed by atoms with E-state index in [9.17, 15) is 4.79 Å². The molecule has 6 heteroatoms. The highest BCUT2D eigenvalue weighted by Crippen LogP contribution is 2.17. The summed E-state index contributed by atoms with van der Waals surface area (Å²) >= 11 is 0. The number of likely N-dealkylation sites (tertiary alicyclic amines) is 1. The van der Waals surface area contributed by atoms with Crippen molar-refractivity contribution in [1.82, 2.24) is 10.2 Å². The highest BCUT2D eigenvalue weighted by molar-refractivity contribution is 5.68. The fourth-order valence-corrected chi connectivity index (χ4v) is 2.17. The molecule has 0 aromatic rings. The number of ether oxygens (including phenoxy) is 1. The second kappa shape index (κ2) is 7.81. The van der Waals surface area contributed by atoms with Gasteiger partial charge in [-0.15, -0.1) is 0 Å². The van der Waals surface area contributed by atoms with Crippen LogP contribution in [-0.2, 0) is 4.74 Å². The normalized spacial score (nSPS) is 17.9. The lowest BCUT2D eigenvalue weighted by atomic mass is 10.1. The zero-order valence-electron chi connectivity index (χ0n) is 13.4. The first-order valence-electron chi connectivity index (χ1n) is 7.25. The third-order valence-corrected chi connectivity index (χ3v) is 3.07. The first-order valence-corrected chi connectivity index (χ1v) is 7.25. The molecule has 1 amide bonds. The Bertz CT molecular complexity index is 416. The largest absolute Gasteiger partial charge is 0.444 e. The molecule has 0 radical (unpaired) electrons. The first kappa shape index (κ1) is 17.2. The Morgan fingerprint density at radius 3 is 2.48 bits per heavy atom. The zero-order chi connectivity index (χ0) is 15.9. The van der Waals surface area contributed by atoms with Crippen molar-refractivity contribution in [2.24, 2.45) is 9.98 Å². The fraction of sp³-hybridized carbons (Fsp3) is 0.667. The molecular weight excluding hydrogens is 268 g/mol. The van der Waals surface area contributed by atoms with Crippen molar-refractivity contribution in [2.45, 2.75) is 52.2 Å². The maximum Gasteiger partial charge on any atom is 0.407 e. The van der Waals surface area contributed by atoms with Gasteiger partial charge in [0.25, 0.3) is 0 Å². The third kappa shape index (κ3) is 6.42. The molecule has 0 aromatic heterocycles. The molecule has 1 N–H and O–H groups in total. The van der Waals surface area contributed by atoms with Gasteiger partial charge in [-0.3, -0.25) is 4.99 Å². The van der Waals surface area contributed by atoms with Crippen LogP contribution in [0.5, 0.6) is 0 Å². The number of aliphatic imine (C=N–C) groups is 2. The number of amides is 1. The minimum atomic E-state index is -0.463. The van der Waals surface area contributed by atoms with Gasteiger partial charge in [-0.25, -0.2) is 9.79 Å². The molecule has 1 heterocycles. The van der Waals surface area contributed by atoms with Crippen molar-refractivity contribution in [3.8, 4) is 0 Å². The molecule has 6 nitrogen and oxygen atoms in total. The zero-order valence-corrected chi connectivity index (χ0v) is 13.4. The van der Waals surface area contributed by atoms with Crippen LogP contribution in [0, 0.1) is 0 Å². The van der Waals surface area contributed by atoms with E-state index in [2.05, 4.69) is 26.9 Å². The maximum absolute atomic E-state index is 11.7. The molecule has 21 heavy (non-hydrogen) atoms. The van der Waals surface area contributed by atoms with E-state index in [1.165, 1.54) is 6.34 Å². The van der Waals surface area contributed by atoms with Crippen molar-refractivity contribution in [3.05, 3.63) is 11.9 Å². The number of allylic oxidation sites excluding steroid dienone is 1. The van der Waals surface area contributed by atoms with Crippen LogP contribution < -0.4 is 5.32 Å². The lowest BCUT2D eigenvalue weighted by Crippen LogP contribution is -2.45. The number of rotatable bonds is 4. The predicted molar refractivity (Wildman–Crippen MR) is 85.8 cm³/mol. The van der Waals surface area contributed by atoms with E-state index in [-0.39, 0.29) is 12.1 Å². The molecule has 0 aliphatic carbocycles. The average molecular weight is 294 g/mol. The van der Waals surface area contributed by atoms with Crippen LogP contribution in [0.2, 0.25) is 0 Å². The second-order valence-corrected chi connectivity index (χ2v) is 5.98. The van der Waals surface area contributed by atoms with Crippen molar-refractivity contribution in [1.29, 1.82) is 0 Å². The van der Waals surface area contributed by atoms with Crippen LogP contribution in [0.15, 0.2) is 21.9 Å². The Hall–Kier alpha value is -1.85. The molecule has 1 aliphatic rings. The summed E-state index contributed by atoms with van der Waals surface area (Å²) in [6.07, 6.45) is 4.78. The van der Waals surface area contributed by atoms with E-state index in [1.54, 1.807) is 0 Å². The van der Waals surface area contributed by atoms with E-state index in [0.29, 0.717) is 0 Å². The van der Waals surface area contributed by atoms with Gasteiger partial charge < -0.3 is 15.0 Å². The molecule has 1 rings (SSSR count). The van der Waals surface area contributed by atoms with Gasteiger partial charge in [0.1, 0.15) is 17.8 Å². The minimum absolute atomic E-state index is 0.149. The lowest BCUT2D eigenvalue weighted by Gasteiger charge is -2.34. The summed E-state index contributed by atoms with van der Waals surface area (Å²) in [7, 11) is 0. The van der Waals surface area contributed by atoms with Crippen LogP contribution in [0.25, 0.3) is 0 Å². The Balaban J connectivity index is 2.43. The molecule has 1 fully saturated rings.